The molecule has 1 unspecified atom stereocenters. The minimum absolute atomic E-state index is 0.0937. The molecular weight excluding hydrogens is 346 g/mol. The monoisotopic (exact) mass is 361 g/mol. The van der Waals surface area contributed by atoms with Crippen LogP contribution in [0.1, 0.15) is 17.2 Å². The summed E-state index contributed by atoms with van der Waals surface area (Å²) in [5.41, 5.74) is 2.82. The molecule has 0 bridgehead atoms. The lowest BCUT2D eigenvalue weighted by molar-refractivity contribution is -0.139. The van der Waals surface area contributed by atoms with Crippen LogP contribution >= 0.6 is 15.9 Å². The lowest BCUT2D eigenvalue weighted by Crippen LogP contribution is -2.24. The number of halogens is 1. The number of carbonyl (C=O) groups is 1. The highest BCUT2D eigenvalue weighted by molar-refractivity contribution is 9.10. The van der Waals surface area contributed by atoms with Crippen molar-refractivity contribution >= 4 is 27.6 Å². The topological polar surface area (TPSA) is 47.6 Å². The van der Waals surface area contributed by atoms with Crippen molar-refractivity contribution in [2.24, 2.45) is 0 Å². The van der Waals surface area contributed by atoms with Crippen LogP contribution in [0, 0.1) is 0 Å². The zero-order valence-electron chi connectivity index (χ0n) is 12.1. The maximum atomic E-state index is 11.6. The summed E-state index contributed by atoms with van der Waals surface area (Å²) in [5, 5.41) is 3.37. The van der Waals surface area contributed by atoms with Gasteiger partial charge in [-0.25, -0.2) is 0 Å². The third kappa shape index (κ3) is 3.09. The summed E-state index contributed by atoms with van der Waals surface area (Å²) in [5.74, 6) is 0.450. The van der Waals surface area contributed by atoms with Crippen LogP contribution in [0.2, 0.25) is 0 Å². The minimum Gasteiger partial charge on any atom is -0.481 e. The van der Waals surface area contributed by atoms with Crippen molar-refractivity contribution in [1.29, 1.82) is 0 Å². The molecule has 114 valence electrons. The number of nitrogens with one attached hydrogen (secondary N) is 1. The van der Waals surface area contributed by atoms with Crippen LogP contribution in [-0.4, -0.2) is 19.6 Å². The maximum absolute atomic E-state index is 11.6. The Kier molecular flexibility index (Phi) is 4.34. The molecule has 0 aromatic heterocycles. The van der Waals surface area contributed by atoms with E-state index in [1.807, 2.05) is 42.5 Å². The summed E-state index contributed by atoms with van der Waals surface area (Å²) < 4.78 is 11.9. The second-order valence-electron chi connectivity index (χ2n) is 5.09. The molecule has 2 aromatic rings. The quantitative estimate of drug-likeness (QED) is 0.846. The zero-order chi connectivity index (χ0) is 15.5. The number of hydrogen-bond donors (Lipinski definition) is 1. The number of esters is 1. The van der Waals surface area contributed by atoms with E-state index < -0.39 is 0 Å². The Morgan fingerprint density at radius 2 is 2.18 bits per heavy atom. The van der Waals surface area contributed by atoms with Gasteiger partial charge >= 0.3 is 5.97 Å². The summed E-state index contributed by atoms with van der Waals surface area (Å²) in [6.07, 6.45) is 0.107. The van der Waals surface area contributed by atoms with Crippen molar-refractivity contribution in [3.8, 4) is 5.75 Å². The Hall–Kier alpha value is -2.01. The highest BCUT2D eigenvalue weighted by Gasteiger charge is 2.24. The number of ether oxygens (including phenoxy) is 2. The molecule has 1 N–H and O–H groups in total. The fraction of sp³-hybridized carbons (Fsp3) is 0.235. The third-order valence-corrected chi connectivity index (χ3v) is 4.11. The fourth-order valence-corrected chi connectivity index (χ4v) is 2.93. The van der Waals surface area contributed by atoms with Gasteiger partial charge in [0.15, 0.2) is 0 Å². The molecule has 0 aliphatic carbocycles. The van der Waals surface area contributed by atoms with Crippen molar-refractivity contribution in [2.75, 3.05) is 19.0 Å². The first-order valence-corrected chi connectivity index (χ1v) is 7.81. The molecule has 1 atom stereocenters. The number of benzene rings is 2. The van der Waals surface area contributed by atoms with Gasteiger partial charge in [-0.1, -0.05) is 40.2 Å². The molecule has 22 heavy (non-hydrogen) atoms. The van der Waals surface area contributed by atoms with E-state index in [1.165, 1.54) is 7.11 Å². The van der Waals surface area contributed by atoms with Crippen LogP contribution in [0.25, 0.3) is 0 Å². The number of carbonyl (C=O) groups excluding carboxylic acids is 1. The van der Waals surface area contributed by atoms with Crippen molar-refractivity contribution < 1.29 is 14.3 Å². The number of hydrogen-bond acceptors (Lipinski definition) is 4. The molecule has 0 radical (unpaired) electrons. The van der Waals surface area contributed by atoms with Gasteiger partial charge in [0.2, 0.25) is 0 Å². The van der Waals surface area contributed by atoms with Crippen LogP contribution in [0.4, 0.5) is 5.69 Å². The Morgan fingerprint density at radius 1 is 1.36 bits per heavy atom. The Morgan fingerprint density at radius 3 is 2.95 bits per heavy atom. The molecule has 0 fully saturated rings. The molecule has 4 nitrogen and oxygen atoms in total. The summed E-state index contributed by atoms with van der Waals surface area (Å²) in [4.78, 5) is 11.6. The summed E-state index contributed by atoms with van der Waals surface area (Å²) >= 11 is 3.48. The van der Waals surface area contributed by atoms with Crippen molar-refractivity contribution in [1.82, 2.24) is 0 Å². The normalized spacial score (nSPS) is 16.2. The van der Waals surface area contributed by atoms with E-state index >= 15 is 0 Å². The third-order valence-electron chi connectivity index (χ3n) is 3.62. The highest BCUT2D eigenvalue weighted by Crippen LogP contribution is 2.37. The first-order valence-electron chi connectivity index (χ1n) is 7.02. The molecule has 2 aromatic carbocycles. The number of rotatable bonds is 3. The summed E-state index contributed by atoms with van der Waals surface area (Å²) in [7, 11) is 1.39. The summed E-state index contributed by atoms with van der Waals surface area (Å²) in [6, 6.07) is 13.8. The van der Waals surface area contributed by atoms with Gasteiger partial charge in [-0.2, -0.15) is 0 Å². The lowest BCUT2D eigenvalue weighted by Gasteiger charge is -2.29. The van der Waals surface area contributed by atoms with Crippen LogP contribution in [0.3, 0.4) is 0 Å². The second-order valence-corrected chi connectivity index (χ2v) is 6.00. The van der Waals surface area contributed by atoms with Crippen LogP contribution in [0.15, 0.2) is 46.9 Å². The SMILES string of the molecule is COC(=O)Cc1cccc2c1OC(c1cccc(Br)c1)CN2. The Labute approximate surface area is 137 Å². The van der Waals surface area contributed by atoms with Crippen molar-refractivity contribution in [3.05, 3.63) is 58.1 Å². The van der Waals surface area contributed by atoms with Crippen molar-refractivity contribution in [3.63, 3.8) is 0 Å². The molecule has 3 rings (SSSR count). The average Bonchev–Trinajstić information content (AvgIpc) is 2.54. The molecule has 0 saturated heterocycles. The van der Waals surface area contributed by atoms with E-state index in [0.29, 0.717) is 6.54 Å². The van der Waals surface area contributed by atoms with Gasteiger partial charge < -0.3 is 14.8 Å². The smallest absolute Gasteiger partial charge is 0.310 e. The maximum Gasteiger partial charge on any atom is 0.310 e. The summed E-state index contributed by atoms with van der Waals surface area (Å²) in [6.45, 7) is 0.686. The second kappa shape index (κ2) is 6.40. The number of methoxy groups -OCH3 is 1. The van der Waals surface area contributed by atoms with Gasteiger partial charge in [-0.15, -0.1) is 0 Å². The number of anilines is 1. The Balaban J connectivity index is 1.89. The van der Waals surface area contributed by atoms with E-state index in [-0.39, 0.29) is 18.5 Å². The van der Waals surface area contributed by atoms with Crippen molar-refractivity contribution in [2.45, 2.75) is 12.5 Å². The molecular formula is C17H16BrNO3. The van der Waals surface area contributed by atoms with Gasteiger partial charge in [-0.3, -0.25) is 4.79 Å². The first kappa shape index (κ1) is 14.9. The molecule has 1 aliphatic heterocycles. The molecule has 1 heterocycles. The highest BCUT2D eigenvalue weighted by atomic mass is 79.9. The van der Waals surface area contributed by atoms with E-state index in [9.17, 15) is 4.79 Å². The van der Waals surface area contributed by atoms with Crippen LogP contribution < -0.4 is 10.1 Å². The molecule has 1 aliphatic rings. The lowest BCUT2D eigenvalue weighted by atomic mass is 10.0. The van der Waals surface area contributed by atoms with Crippen LogP contribution in [-0.2, 0) is 16.0 Å². The van der Waals surface area contributed by atoms with Gasteiger partial charge in [0.05, 0.1) is 25.8 Å². The van der Waals surface area contributed by atoms with E-state index in [2.05, 4.69) is 21.2 Å². The standard InChI is InChI=1S/C17H16BrNO3/c1-21-16(20)9-12-5-3-7-14-17(12)22-15(10-19-14)11-4-2-6-13(18)8-11/h2-8,15,19H,9-10H2,1H3. The predicted octanol–water partition coefficient (Wildman–Crippen LogP) is 3.71. The van der Waals surface area contributed by atoms with Gasteiger partial charge in [0.1, 0.15) is 11.9 Å². The largest absolute Gasteiger partial charge is 0.481 e. The first-order chi connectivity index (χ1) is 10.7. The van der Waals surface area contributed by atoms with Crippen LogP contribution in [0.5, 0.6) is 5.75 Å². The average molecular weight is 362 g/mol. The molecule has 0 amide bonds. The molecule has 5 heteroatoms. The van der Waals surface area contributed by atoms with E-state index in [0.717, 1.165) is 27.0 Å². The zero-order valence-corrected chi connectivity index (χ0v) is 13.7. The van der Waals surface area contributed by atoms with Gasteiger partial charge in [0.25, 0.3) is 0 Å². The Bertz CT molecular complexity index is 702. The number of fused-ring (bicyclic) bond motifs is 1. The molecule has 0 spiro atoms. The predicted molar refractivity (Wildman–Crippen MR) is 88.2 cm³/mol. The van der Waals surface area contributed by atoms with Gasteiger partial charge in [0, 0.05) is 10.0 Å². The molecule has 0 saturated carbocycles. The number of para-hydroxylation sites is 1. The van der Waals surface area contributed by atoms with E-state index in [4.69, 9.17) is 9.47 Å². The fourth-order valence-electron chi connectivity index (χ4n) is 2.51. The van der Waals surface area contributed by atoms with E-state index in [1.54, 1.807) is 0 Å². The van der Waals surface area contributed by atoms with Gasteiger partial charge in [-0.05, 0) is 23.8 Å². The minimum atomic E-state index is -0.276.